The Labute approximate surface area is 102 Å². The quantitative estimate of drug-likeness (QED) is 0.871. The molecule has 17 heavy (non-hydrogen) atoms. The summed E-state index contributed by atoms with van der Waals surface area (Å²) in [5.41, 5.74) is 2.87. The second-order valence-corrected chi connectivity index (χ2v) is 4.48. The van der Waals surface area contributed by atoms with Gasteiger partial charge in [0.2, 0.25) is 0 Å². The molecule has 0 saturated heterocycles. The molecule has 0 aliphatic heterocycles. The van der Waals surface area contributed by atoms with E-state index in [2.05, 4.69) is 29.1 Å². The molecule has 0 spiro atoms. The third-order valence-electron chi connectivity index (χ3n) is 2.85. The summed E-state index contributed by atoms with van der Waals surface area (Å²) >= 11 is 0. The molecule has 3 nitrogen and oxygen atoms in total. The number of nitrogens with zero attached hydrogens (tertiary/aromatic N) is 2. The zero-order valence-electron chi connectivity index (χ0n) is 10.7. The number of aryl methyl sites for hydroxylation is 1. The monoisotopic (exact) mass is 229 g/mol. The van der Waals surface area contributed by atoms with E-state index in [1.54, 1.807) is 0 Å². The minimum Gasteiger partial charge on any atom is -0.366 e. The number of nitrogens with one attached hydrogen (secondary N) is 1. The van der Waals surface area contributed by atoms with Gasteiger partial charge in [0.15, 0.2) is 0 Å². The van der Waals surface area contributed by atoms with Crippen LogP contribution in [0.1, 0.15) is 32.4 Å². The van der Waals surface area contributed by atoms with Crippen LogP contribution in [0.5, 0.6) is 0 Å². The Hall–Kier alpha value is -1.64. The van der Waals surface area contributed by atoms with Crippen molar-refractivity contribution < 1.29 is 0 Å². The van der Waals surface area contributed by atoms with E-state index in [0.717, 1.165) is 29.0 Å². The lowest BCUT2D eigenvalue weighted by Crippen LogP contribution is -2.16. The number of rotatable bonds is 4. The molecule has 1 heterocycles. The zero-order chi connectivity index (χ0) is 12.3. The first-order valence-corrected chi connectivity index (χ1v) is 6.20. The lowest BCUT2D eigenvalue weighted by atomic mass is 10.2. The summed E-state index contributed by atoms with van der Waals surface area (Å²) in [5.74, 6) is 0.907. The number of aromatic nitrogens is 2. The highest BCUT2D eigenvalue weighted by Gasteiger charge is 2.07. The highest BCUT2D eigenvalue weighted by molar-refractivity contribution is 5.76. The molecule has 1 N–H and O–H groups in total. The summed E-state index contributed by atoms with van der Waals surface area (Å²) in [4.78, 5) is 9.19. The highest BCUT2D eigenvalue weighted by Crippen LogP contribution is 2.17. The predicted molar refractivity (Wildman–Crippen MR) is 72.3 cm³/mol. The SMILES string of the molecule is CCCC(C)Nc1nc2ccccc2nc1C. The van der Waals surface area contributed by atoms with Crippen molar-refractivity contribution in [2.45, 2.75) is 39.7 Å². The molecule has 1 aromatic heterocycles. The molecule has 1 atom stereocenters. The van der Waals surface area contributed by atoms with Gasteiger partial charge in [-0.05, 0) is 32.4 Å². The standard InChI is InChI=1S/C14H19N3/c1-4-7-10(2)15-14-11(3)16-12-8-5-6-9-13(12)17-14/h5-6,8-10H,4,7H2,1-3H3,(H,15,17). The largest absolute Gasteiger partial charge is 0.366 e. The summed E-state index contributed by atoms with van der Waals surface area (Å²) in [5, 5.41) is 3.43. The van der Waals surface area contributed by atoms with Gasteiger partial charge in [0.1, 0.15) is 5.82 Å². The molecular weight excluding hydrogens is 210 g/mol. The summed E-state index contributed by atoms with van der Waals surface area (Å²) in [6, 6.07) is 8.41. The molecule has 1 unspecified atom stereocenters. The van der Waals surface area contributed by atoms with Crippen LogP contribution in [0.2, 0.25) is 0 Å². The molecule has 0 bridgehead atoms. The fraction of sp³-hybridized carbons (Fsp3) is 0.429. The zero-order valence-corrected chi connectivity index (χ0v) is 10.7. The second kappa shape index (κ2) is 5.13. The van der Waals surface area contributed by atoms with Crippen molar-refractivity contribution >= 4 is 16.9 Å². The molecule has 0 aliphatic rings. The number of fused-ring (bicyclic) bond motifs is 1. The van der Waals surface area contributed by atoms with Gasteiger partial charge in [-0.25, -0.2) is 9.97 Å². The molecule has 0 fully saturated rings. The van der Waals surface area contributed by atoms with Gasteiger partial charge in [0.25, 0.3) is 0 Å². The van der Waals surface area contributed by atoms with Gasteiger partial charge in [-0.1, -0.05) is 25.5 Å². The number of benzene rings is 1. The summed E-state index contributed by atoms with van der Waals surface area (Å²) < 4.78 is 0. The molecule has 1 aromatic carbocycles. The van der Waals surface area contributed by atoms with Crippen molar-refractivity contribution in [3.05, 3.63) is 30.0 Å². The maximum atomic E-state index is 4.62. The van der Waals surface area contributed by atoms with Crippen LogP contribution in [-0.2, 0) is 0 Å². The van der Waals surface area contributed by atoms with Gasteiger partial charge in [-0.15, -0.1) is 0 Å². The maximum Gasteiger partial charge on any atom is 0.148 e. The molecule has 0 amide bonds. The topological polar surface area (TPSA) is 37.8 Å². The van der Waals surface area contributed by atoms with Crippen molar-refractivity contribution in [2.24, 2.45) is 0 Å². The Bertz CT molecular complexity index is 508. The van der Waals surface area contributed by atoms with Crippen molar-refractivity contribution in [1.29, 1.82) is 0 Å². The molecule has 0 aliphatic carbocycles. The third-order valence-corrected chi connectivity index (χ3v) is 2.85. The van der Waals surface area contributed by atoms with Crippen LogP contribution >= 0.6 is 0 Å². The van der Waals surface area contributed by atoms with Gasteiger partial charge in [-0.2, -0.15) is 0 Å². The minimum atomic E-state index is 0.439. The number of para-hydroxylation sites is 2. The lowest BCUT2D eigenvalue weighted by molar-refractivity contribution is 0.686. The summed E-state index contributed by atoms with van der Waals surface area (Å²) in [6.45, 7) is 6.37. The molecule has 0 radical (unpaired) electrons. The van der Waals surface area contributed by atoms with Gasteiger partial charge >= 0.3 is 0 Å². The fourth-order valence-corrected chi connectivity index (χ4v) is 1.96. The highest BCUT2D eigenvalue weighted by atomic mass is 15.0. The first kappa shape index (κ1) is 11.8. The first-order chi connectivity index (χ1) is 8.20. The van der Waals surface area contributed by atoms with Crippen LogP contribution < -0.4 is 5.32 Å². The molecular formula is C14H19N3. The van der Waals surface area contributed by atoms with Crippen LogP contribution in [0.4, 0.5) is 5.82 Å². The van der Waals surface area contributed by atoms with Crippen molar-refractivity contribution in [1.82, 2.24) is 9.97 Å². The van der Waals surface area contributed by atoms with E-state index in [-0.39, 0.29) is 0 Å². The van der Waals surface area contributed by atoms with Crippen LogP contribution in [0.3, 0.4) is 0 Å². The third kappa shape index (κ3) is 2.73. The number of hydrogen-bond acceptors (Lipinski definition) is 3. The van der Waals surface area contributed by atoms with Crippen LogP contribution in [0, 0.1) is 6.92 Å². The van der Waals surface area contributed by atoms with Gasteiger partial charge < -0.3 is 5.32 Å². The Morgan fingerprint density at radius 2 is 1.82 bits per heavy atom. The van der Waals surface area contributed by atoms with E-state index >= 15 is 0 Å². The lowest BCUT2D eigenvalue weighted by Gasteiger charge is -2.15. The van der Waals surface area contributed by atoms with E-state index in [0.29, 0.717) is 6.04 Å². The smallest absolute Gasteiger partial charge is 0.148 e. The average Bonchev–Trinajstić information content (AvgIpc) is 2.30. The molecule has 2 aromatic rings. The Kier molecular flexibility index (Phi) is 3.57. The normalized spacial score (nSPS) is 12.6. The van der Waals surface area contributed by atoms with Crippen LogP contribution in [0.15, 0.2) is 24.3 Å². The van der Waals surface area contributed by atoms with E-state index in [9.17, 15) is 0 Å². The Morgan fingerprint density at radius 3 is 2.47 bits per heavy atom. The molecule has 0 saturated carbocycles. The van der Waals surface area contributed by atoms with Crippen molar-refractivity contribution in [3.8, 4) is 0 Å². The first-order valence-electron chi connectivity index (χ1n) is 6.20. The molecule has 90 valence electrons. The maximum absolute atomic E-state index is 4.62. The van der Waals surface area contributed by atoms with E-state index < -0.39 is 0 Å². The Balaban J connectivity index is 2.31. The van der Waals surface area contributed by atoms with Gasteiger partial charge in [0, 0.05) is 6.04 Å². The summed E-state index contributed by atoms with van der Waals surface area (Å²) in [7, 11) is 0. The molecule has 2 rings (SSSR count). The van der Waals surface area contributed by atoms with E-state index in [1.807, 2.05) is 31.2 Å². The van der Waals surface area contributed by atoms with Crippen molar-refractivity contribution in [3.63, 3.8) is 0 Å². The molecule has 3 heteroatoms. The minimum absolute atomic E-state index is 0.439. The van der Waals surface area contributed by atoms with Gasteiger partial charge in [0.05, 0.1) is 16.7 Å². The fourth-order valence-electron chi connectivity index (χ4n) is 1.96. The summed E-state index contributed by atoms with van der Waals surface area (Å²) in [6.07, 6.45) is 2.32. The van der Waals surface area contributed by atoms with Crippen molar-refractivity contribution in [2.75, 3.05) is 5.32 Å². The number of hydrogen-bond donors (Lipinski definition) is 1. The van der Waals surface area contributed by atoms with Gasteiger partial charge in [-0.3, -0.25) is 0 Å². The number of anilines is 1. The van der Waals surface area contributed by atoms with Crippen LogP contribution in [-0.4, -0.2) is 16.0 Å². The van der Waals surface area contributed by atoms with Crippen LogP contribution in [0.25, 0.3) is 11.0 Å². The Morgan fingerprint density at radius 1 is 1.18 bits per heavy atom. The second-order valence-electron chi connectivity index (χ2n) is 4.48. The van der Waals surface area contributed by atoms with E-state index in [4.69, 9.17) is 0 Å². The van der Waals surface area contributed by atoms with E-state index in [1.165, 1.54) is 6.42 Å². The average molecular weight is 229 g/mol. The predicted octanol–water partition coefficient (Wildman–Crippen LogP) is 3.54.